The highest BCUT2D eigenvalue weighted by atomic mass is 16.5. The van der Waals surface area contributed by atoms with Gasteiger partial charge in [-0.25, -0.2) is 9.50 Å². The zero-order valence-corrected chi connectivity index (χ0v) is 10.8. The minimum Gasteiger partial charge on any atom is -0.437 e. The standard InChI is InChI=1S/C14H14N4O/c1-9-3-4-11(15)8-13(9)19-14-12-7-10(2)17-18(12)6-5-16-14/h3-8H,15H2,1-2H3. The van der Waals surface area contributed by atoms with Crippen molar-refractivity contribution in [1.82, 2.24) is 14.6 Å². The van der Waals surface area contributed by atoms with Crippen LogP contribution in [-0.2, 0) is 0 Å². The van der Waals surface area contributed by atoms with Crippen LogP contribution in [-0.4, -0.2) is 14.6 Å². The number of hydrogen-bond acceptors (Lipinski definition) is 4. The predicted molar refractivity (Wildman–Crippen MR) is 73.4 cm³/mol. The van der Waals surface area contributed by atoms with E-state index in [4.69, 9.17) is 10.5 Å². The number of hydrogen-bond donors (Lipinski definition) is 1. The monoisotopic (exact) mass is 254 g/mol. The first-order chi connectivity index (χ1) is 9.13. The van der Waals surface area contributed by atoms with Crippen molar-refractivity contribution in [2.24, 2.45) is 0 Å². The van der Waals surface area contributed by atoms with E-state index >= 15 is 0 Å². The lowest BCUT2D eigenvalue weighted by atomic mass is 10.2. The smallest absolute Gasteiger partial charge is 0.245 e. The Bertz CT molecular complexity index is 748. The van der Waals surface area contributed by atoms with Crippen LogP contribution in [0.5, 0.6) is 11.6 Å². The van der Waals surface area contributed by atoms with Gasteiger partial charge >= 0.3 is 0 Å². The summed E-state index contributed by atoms with van der Waals surface area (Å²) in [4.78, 5) is 4.26. The molecule has 0 aliphatic heterocycles. The highest BCUT2D eigenvalue weighted by Gasteiger charge is 2.09. The van der Waals surface area contributed by atoms with Gasteiger partial charge in [-0.1, -0.05) is 6.07 Å². The molecule has 0 atom stereocenters. The summed E-state index contributed by atoms with van der Waals surface area (Å²) in [6.07, 6.45) is 3.46. The maximum atomic E-state index is 5.86. The van der Waals surface area contributed by atoms with Crippen LogP contribution in [0.2, 0.25) is 0 Å². The summed E-state index contributed by atoms with van der Waals surface area (Å²) < 4.78 is 7.61. The molecule has 0 bridgehead atoms. The third-order valence-corrected chi connectivity index (χ3v) is 2.90. The zero-order valence-electron chi connectivity index (χ0n) is 10.8. The molecule has 0 radical (unpaired) electrons. The van der Waals surface area contributed by atoms with Crippen molar-refractivity contribution in [2.45, 2.75) is 13.8 Å². The molecule has 2 N–H and O–H groups in total. The molecule has 96 valence electrons. The van der Waals surface area contributed by atoms with Crippen molar-refractivity contribution in [2.75, 3.05) is 5.73 Å². The maximum Gasteiger partial charge on any atom is 0.245 e. The van der Waals surface area contributed by atoms with Gasteiger partial charge in [0.2, 0.25) is 5.88 Å². The van der Waals surface area contributed by atoms with Crippen LogP contribution in [0.1, 0.15) is 11.3 Å². The molecule has 3 aromatic rings. The van der Waals surface area contributed by atoms with Gasteiger partial charge in [0.25, 0.3) is 0 Å². The number of nitrogen functional groups attached to an aromatic ring is 1. The van der Waals surface area contributed by atoms with Crippen LogP contribution in [0.25, 0.3) is 5.52 Å². The molecule has 0 spiro atoms. The van der Waals surface area contributed by atoms with E-state index in [-0.39, 0.29) is 0 Å². The summed E-state index contributed by atoms with van der Waals surface area (Å²) in [6, 6.07) is 7.50. The average Bonchev–Trinajstić information content (AvgIpc) is 2.75. The zero-order chi connectivity index (χ0) is 13.4. The number of rotatable bonds is 2. The molecule has 3 rings (SSSR count). The SMILES string of the molecule is Cc1cc2c(Oc3cc(N)ccc3C)nccn2n1. The van der Waals surface area contributed by atoms with Gasteiger partial charge < -0.3 is 10.5 Å². The number of aryl methyl sites for hydroxylation is 2. The fraction of sp³-hybridized carbons (Fsp3) is 0.143. The molecule has 19 heavy (non-hydrogen) atoms. The van der Waals surface area contributed by atoms with Crippen LogP contribution in [0, 0.1) is 13.8 Å². The molecule has 1 aromatic carbocycles. The molecule has 5 nitrogen and oxygen atoms in total. The molecular formula is C14H14N4O. The van der Waals surface area contributed by atoms with E-state index < -0.39 is 0 Å². The van der Waals surface area contributed by atoms with Crippen LogP contribution in [0.4, 0.5) is 5.69 Å². The molecule has 0 saturated heterocycles. The van der Waals surface area contributed by atoms with E-state index in [9.17, 15) is 0 Å². The second kappa shape index (κ2) is 4.28. The molecular weight excluding hydrogens is 240 g/mol. The number of nitrogens with two attached hydrogens (primary N) is 1. The van der Waals surface area contributed by atoms with E-state index in [0.29, 0.717) is 17.3 Å². The van der Waals surface area contributed by atoms with E-state index in [1.54, 1.807) is 23.0 Å². The number of ether oxygens (including phenoxy) is 1. The lowest BCUT2D eigenvalue weighted by Gasteiger charge is -2.09. The first kappa shape index (κ1) is 11.5. The van der Waals surface area contributed by atoms with Crippen molar-refractivity contribution in [1.29, 1.82) is 0 Å². The van der Waals surface area contributed by atoms with Gasteiger partial charge in [-0.05, 0) is 31.5 Å². The fourth-order valence-electron chi connectivity index (χ4n) is 1.93. The molecule has 0 saturated carbocycles. The fourth-order valence-corrected chi connectivity index (χ4v) is 1.93. The van der Waals surface area contributed by atoms with E-state index in [1.807, 2.05) is 32.0 Å². The summed E-state index contributed by atoms with van der Waals surface area (Å²) in [7, 11) is 0. The quantitative estimate of drug-likeness (QED) is 0.714. The maximum absolute atomic E-state index is 5.86. The van der Waals surface area contributed by atoms with E-state index in [1.165, 1.54) is 0 Å². The van der Waals surface area contributed by atoms with Gasteiger partial charge in [0.1, 0.15) is 11.3 Å². The highest BCUT2D eigenvalue weighted by Crippen LogP contribution is 2.28. The molecule has 2 heterocycles. The lowest BCUT2D eigenvalue weighted by Crippen LogP contribution is -1.96. The molecule has 0 amide bonds. The number of fused-ring (bicyclic) bond motifs is 1. The number of benzene rings is 1. The minimum absolute atomic E-state index is 0.525. The summed E-state index contributed by atoms with van der Waals surface area (Å²) in [6.45, 7) is 3.90. The van der Waals surface area contributed by atoms with Crippen LogP contribution < -0.4 is 10.5 Å². The summed E-state index contributed by atoms with van der Waals surface area (Å²) in [5.74, 6) is 1.23. The van der Waals surface area contributed by atoms with Gasteiger partial charge in [0.05, 0.1) is 5.69 Å². The van der Waals surface area contributed by atoms with Gasteiger partial charge in [-0.3, -0.25) is 0 Å². The molecule has 2 aromatic heterocycles. The number of nitrogens with zero attached hydrogens (tertiary/aromatic N) is 3. The Hall–Kier alpha value is -2.56. The van der Waals surface area contributed by atoms with Gasteiger partial charge in [0, 0.05) is 24.1 Å². The minimum atomic E-state index is 0.525. The van der Waals surface area contributed by atoms with Gasteiger partial charge in [0.15, 0.2) is 0 Å². The largest absolute Gasteiger partial charge is 0.437 e. The van der Waals surface area contributed by atoms with Gasteiger partial charge in [-0.15, -0.1) is 0 Å². The third-order valence-electron chi connectivity index (χ3n) is 2.90. The molecule has 0 aliphatic carbocycles. The molecule has 0 aliphatic rings. The Morgan fingerprint density at radius 1 is 1.21 bits per heavy atom. The summed E-state index contributed by atoms with van der Waals surface area (Å²) in [5.41, 5.74) is 9.21. The summed E-state index contributed by atoms with van der Waals surface area (Å²) >= 11 is 0. The van der Waals surface area contributed by atoms with Crippen molar-refractivity contribution >= 4 is 11.2 Å². The highest BCUT2D eigenvalue weighted by molar-refractivity contribution is 5.59. The normalized spacial score (nSPS) is 10.8. The molecule has 5 heteroatoms. The van der Waals surface area contributed by atoms with Crippen molar-refractivity contribution < 1.29 is 4.74 Å². The van der Waals surface area contributed by atoms with Crippen LogP contribution >= 0.6 is 0 Å². The molecule has 0 fully saturated rings. The number of anilines is 1. The number of aromatic nitrogens is 3. The van der Waals surface area contributed by atoms with Crippen molar-refractivity contribution in [3.63, 3.8) is 0 Å². The Morgan fingerprint density at radius 2 is 2.05 bits per heavy atom. The average molecular weight is 254 g/mol. The first-order valence-corrected chi connectivity index (χ1v) is 5.98. The van der Waals surface area contributed by atoms with E-state index in [2.05, 4.69) is 10.1 Å². The first-order valence-electron chi connectivity index (χ1n) is 5.98. The van der Waals surface area contributed by atoms with Gasteiger partial charge in [-0.2, -0.15) is 5.10 Å². The third kappa shape index (κ3) is 2.10. The topological polar surface area (TPSA) is 65.4 Å². The summed E-state index contributed by atoms with van der Waals surface area (Å²) in [5, 5.41) is 4.33. The molecule has 0 unspecified atom stereocenters. The van der Waals surface area contributed by atoms with Crippen molar-refractivity contribution in [3.05, 3.63) is 47.9 Å². The second-order valence-corrected chi connectivity index (χ2v) is 4.47. The Kier molecular flexibility index (Phi) is 2.59. The lowest BCUT2D eigenvalue weighted by molar-refractivity contribution is 0.462. The Labute approximate surface area is 110 Å². The van der Waals surface area contributed by atoms with Crippen LogP contribution in [0.3, 0.4) is 0 Å². The van der Waals surface area contributed by atoms with Crippen LogP contribution in [0.15, 0.2) is 36.7 Å². The predicted octanol–water partition coefficient (Wildman–Crippen LogP) is 2.72. The Balaban J connectivity index is 2.08. The second-order valence-electron chi connectivity index (χ2n) is 4.47. The van der Waals surface area contributed by atoms with Crippen molar-refractivity contribution in [3.8, 4) is 11.6 Å². The van der Waals surface area contributed by atoms with E-state index in [0.717, 1.165) is 16.8 Å². The Morgan fingerprint density at radius 3 is 2.89 bits per heavy atom.